The van der Waals surface area contributed by atoms with Crippen LogP contribution in [0.25, 0.3) is 0 Å². The van der Waals surface area contributed by atoms with Crippen LogP contribution >= 0.6 is 7.82 Å². The first kappa shape index (κ1) is 10.5. The summed E-state index contributed by atoms with van der Waals surface area (Å²) in [7, 11) is -3.96. The van der Waals surface area contributed by atoms with E-state index in [1.807, 2.05) is 0 Å². The van der Waals surface area contributed by atoms with E-state index in [2.05, 4.69) is 3.18 Å². The second-order valence-electron chi connectivity index (χ2n) is 3.03. The molecule has 0 aromatic heterocycles. The predicted molar refractivity (Wildman–Crippen MR) is 40.2 cm³/mol. The van der Waals surface area contributed by atoms with Gasteiger partial charge < -0.3 is 0 Å². The van der Waals surface area contributed by atoms with Crippen LogP contribution in [0.1, 0.15) is 6.42 Å². The molecule has 1 fully saturated rings. The molecule has 2 aliphatic rings. The Morgan fingerprint density at radius 2 is 2.43 bits per heavy atom. The van der Waals surface area contributed by atoms with E-state index in [1.165, 1.54) is 4.90 Å². The summed E-state index contributed by atoms with van der Waals surface area (Å²) in [5, 5.41) is 0. The van der Waals surface area contributed by atoms with E-state index in [-0.39, 0.29) is 11.9 Å². The third kappa shape index (κ3) is 1.73. The number of carbonyl (C=O) groups is 1. The van der Waals surface area contributed by atoms with Crippen molar-refractivity contribution in [2.75, 3.05) is 0 Å². The zero-order valence-electron chi connectivity index (χ0n) is 6.90. The van der Waals surface area contributed by atoms with Crippen molar-refractivity contribution in [3.63, 3.8) is 0 Å². The molecule has 0 aromatic rings. The minimum atomic E-state index is -3.96. The van der Waals surface area contributed by atoms with E-state index in [4.69, 9.17) is 9.42 Å². The van der Waals surface area contributed by atoms with Crippen molar-refractivity contribution in [3.8, 4) is 0 Å². The van der Waals surface area contributed by atoms with Crippen LogP contribution in [0.5, 0.6) is 0 Å². The van der Waals surface area contributed by atoms with Gasteiger partial charge in [0.1, 0.15) is 0 Å². The molecule has 0 saturated carbocycles. The molecule has 2 heterocycles. The van der Waals surface area contributed by atoms with Gasteiger partial charge in [0, 0.05) is 0 Å². The van der Waals surface area contributed by atoms with Gasteiger partial charge in [0.15, 0.2) is 0 Å². The van der Waals surface area contributed by atoms with Crippen LogP contribution in [-0.4, -0.2) is 27.8 Å². The molecule has 2 aliphatic heterocycles. The van der Waals surface area contributed by atoms with Crippen LogP contribution in [0.3, 0.4) is 0 Å². The Morgan fingerprint density at radius 1 is 1.71 bits per heavy atom. The predicted octanol–water partition coefficient (Wildman–Crippen LogP) is 0.0786. The fourth-order valence-corrected chi connectivity index (χ4v) is 2.32. The van der Waals surface area contributed by atoms with Crippen molar-refractivity contribution >= 4 is 13.7 Å². The summed E-state index contributed by atoms with van der Waals surface area (Å²) in [4.78, 5) is 21.5. The summed E-state index contributed by atoms with van der Waals surface area (Å²) in [5.74, 6) is 0.00298. The number of fused-ring (bicyclic) bond motifs is 1. The second-order valence-corrected chi connectivity index (χ2v) is 5.42. The summed E-state index contributed by atoms with van der Waals surface area (Å²) in [6, 6.07) is -0.140. The second kappa shape index (κ2) is 3.54. The molecule has 3 unspecified atom stereocenters. The number of β-lactam (4-membered cyclic amide) rings is 1. The molecule has 8 heteroatoms. The van der Waals surface area contributed by atoms with Gasteiger partial charge in [0.25, 0.3) is 0 Å². The first-order valence-corrected chi connectivity index (χ1v) is 6.17. The molecular weight excluding hydrogens is 293 g/mol. The Bertz CT molecular complexity index is 345. The number of hydrogen-bond acceptors (Lipinski definition) is 4. The fraction of sp³-hybridized carbons (Fsp3) is 0.500. The maximum atomic E-state index is 11.1. The number of amides is 1. The Balaban J connectivity index is 1.99. The van der Waals surface area contributed by atoms with Crippen LogP contribution in [0.15, 0.2) is 12.3 Å². The molecular formula is C6H7MoNO5P. The molecule has 14 heavy (non-hydrogen) atoms. The normalized spacial score (nSPS) is 33.8. The number of phosphoric acid groups is 1. The average Bonchev–Trinajstić information content (AvgIpc) is 2.42. The third-order valence-electron chi connectivity index (χ3n) is 2.19. The van der Waals surface area contributed by atoms with E-state index < -0.39 is 13.9 Å². The number of phosphoric ester groups is 1. The Kier molecular flexibility index (Phi) is 2.66. The van der Waals surface area contributed by atoms with Crippen molar-refractivity contribution in [2.45, 2.75) is 18.6 Å². The Labute approximate surface area is 91.8 Å². The monoisotopic (exact) mass is 302 g/mol. The van der Waals surface area contributed by atoms with Crippen molar-refractivity contribution in [1.82, 2.24) is 4.90 Å². The summed E-state index contributed by atoms with van der Waals surface area (Å²) < 4.78 is 20.2. The zero-order valence-corrected chi connectivity index (χ0v) is 9.80. The van der Waals surface area contributed by atoms with Crippen LogP contribution in [0, 0.1) is 0 Å². The first-order valence-electron chi connectivity index (χ1n) is 3.86. The molecule has 1 N–H and O–H groups in total. The third-order valence-corrected chi connectivity index (χ3v) is 4.28. The zero-order chi connectivity index (χ0) is 10.3. The van der Waals surface area contributed by atoms with E-state index in [0.29, 0.717) is 6.42 Å². The van der Waals surface area contributed by atoms with Crippen LogP contribution in [-0.2, 0) is 37.3 Å². The number of carbonyl (C=O) groups excluding carboxylic acids is 1. The summed E-state index contributed by atoms with van der Waals surface area (Å²) in [6.07, 6.45) is 2.96. The number of rotatable bonds is 3. The quantitative estimate of drug-likeness (QED) is 0.454. The van der Waals surface area contributed by atoms with Gasteiger partial charge in [-0.1, -0.05) is 0 Å². The van der Waals surface area contributed by atoms with Gasteiger partial charge in [-0.3, -0.25) is 0 Å². The van der Waals surface area contributed by atoms with Crippen LogP contribution in [0.2, 0.25) is 0 Å². The topological polar surface area (TPSA) is 76.1 Å². The molecule has 0 aromatic carbocycles. The Hall–Kier alpha value is 0.00831. The SMILES string of the molecule is O=C1CC2C(OP(=O)(O)[O][Mo])C=CN12. The fourth-order valence-electron chi connectivity index (χ4n) is 1.51. The van der Waals surface area contributed by atoms with Crippen LogP contribution < -0.4 is 0 Å². The van der Waals surface area contributed by atoms with Crippen molar-refractivity contribution < 1.29 is 42.1 Å². The molecule has 6 nitrogen and oxygen atoms in total. The number of nitrogens with zero attached hydrogens (tertiary/aromatic N) is 1. The molecule has 1 amide bonds. The standard InChI is InChI=1S/C6H8NO5P.Mo/c8-6-3-4-5(1-2-7(4)6)12-13(9,10)11;/h1-2,4-5H,3H2,(H2,9,10,11);/q;+1/p-1. The van der Waals surface area contributed by atoms with Gasteiger partial charge in [0.05, 0.1) is 0 Å². The van der Waals surface area contributed by atoms with Crippen molar-refractivity contribution in [1.29, 1.82) is 0 Å². The van der Waals surface area contributed by atoms with Gasteiger partial charge in [0.2, 0.25) is 0 Å². The van der Waals surface area contributed by atoms with Crippen molar-refractivity contribution in [2.24, 2.45) is 0 Å². The average molecular weight is 300 g/mol. The number of hydrogen-bond donors (Lipinski definition) is 1. The Morgan fingerprint density at radius 3 is 2.93 bits per heavy atom. The van der Waals surface area contributed by atoms with Gasteiger partial charge in [-0.25, -0.2) is 0 Å². The summed E-state index contributed by atoms with van der Waals surface area (Å²) >= 11 is 1.03. The molecule has 77 valence electrons. The van der Waals surface area contributed by atoms with Gasteiger partial charge in [-0.05, 0) is 0 Å². The van der Waals surface area contributed by atoms with Gasteiger partial charge in [-0.2, -0.15) is 0 Å². The molecule has 0 spiro atoms. The van der Waals surface area contributed by atoms with Gasteiger partial charge >= 0.3 is 91.6 Å². The van der Waals surface area contributed by atoms with Crippen LogP contribution in [0.4, 0.5) is 0 Å². The van der Waals surface area contributed by atoms with Gasteiger partial charge in [-0.15, -0.1) is 0 Å². The summed E-state index contributed by atoms with van der Waals surface area (Å²) in [5.41, 5.74) is 0. The minimum absolute atomic E-state index is 0.00298. The summed E-state index contributed by atoms with van der Waals surface area (Å²) in [6.45, 7) is 0. The molecule has 0 bridgehead atoms. The van der Waals surface area contributed by atoms with Crippen molar-refractivity contribution in [3.05, 3.63) is 12.3 Å². The maximum absolute atomic E-state index is 11.1. The first-order chi connectivity index (χ1) is 6.53. The molecule has 1 saturated heterocycles. The van der Waals surface area contributed by atoms with E-state index >= 15 is 0 Å². The molecule has 0 radical (unpaired) electrons. The van der Waals surface area contributed by atoms with E-state index in [1.54, 1.807) is 12.3 Å². The molecule has 3 atom stereocenters. The molecule has 2 rings (SSSR count). The van der Waals surface area contributed by atoms with E-state index in [0.717, 1.165) is 20.2 Å². The van der Waals surface area contributed by atoms with E-state index in [9.17, 15) is 9.36 Å². The molecule has 0 aliphatic carbocycles.